The number of anilines is 4. The third-order valence-electron chi connectivity index (χ3n) is 9.72. The number of nitrogens with one attached hydrogen (secondary N) is 5. The molecule has 1 aromatic carbocycles. The van der Waals surface area contributed by atoms with Crippen LogP contribution < -0.4 is 31.3 Å². The summed E-state index contributed by atoms with van der Waals surface area (Å²) in [4.78, 5) is 40.9. The van der Waals surface area contributed by atoms with Gasteiger partial charge in [-0.05, 0) is 69.2 Å². The van der Waals surface area contributed by atoms with Gasteiger partial charge in [-0.3, -0.25) is 4.79 Å². The molecular formula is C33H49N9O3S. The van der Waals surface area contributed by atoms with E-state index in [0.29, 0.717) is 35.6 Å². The van der Waals surface area contributed by atoms with Crippen molar-refractivity contribution in [2.24, 2.45) is 0 Å². The van der Waals surface area contributed by atoms with E-state index in [1.54, 1.807) is 7.11 Å². The van der Waals surface area contributed by atoms with Gasteiger partial charge in [0, 0.05) is 48.3 Å². The first-order chi connectivity index (χ1) is 22.4. The van der Waals surface area contributed by atoms with E-state index in [-0.39, 0.29) is 30.1 Å². The summed E-state index contributed by atoms with van der Waals surface area (Å²) in [6.45, 7) is 3.47. The Morgan fingerprint density at radius 2 is 1.65 bits per heavy atom. The van der Waals surface area contributed by atoms with Gasteiger partial charge in [0.2, 0.25) is 23.8 Å². The monoisotopic (exact) mass is 651 g/mol. The number of hydrogen-bond donors (Lipinski definition) is 5. The molecule has 1 aliphatic carbocycles. The molecule has 2 aromatic rings. The molecule has 12 nitrogen and oxygen atoms in total. The topological polar surface area (TPSA) is 145 Å². The fourth-order valence-corrected chi connectivity index (χ4v) is 8.67. The number of hydrogen-bond acceptors (Lipinski definition) is 10. The number of nitrogens with zero attached hydrogens (tertiary/aromatic N) is 4. The Kier molecular flexibility index (Phi) is 10.9. The SMILES string of the molecule is COc1ccc(Nc2nc(NC3CCCCCC3)nc(NC3CCN(C(=O)CCCCC4SCC5NC(=O)NC54)CC3)n2)cc1C. The minimum Gasteiger partial charge on any atom is -0.496 e. The molecule has 1 saturated carbocycles. The van der Waals surface area contributed by atoms with Crippen molar-refractivity contribution in [3.63, 3.8) is 0 Å². The lowest BCUT2D eigenvalue weighted by molar-refractivity contribution is -0.132. The molecule has 3 unspecified atom stereocenters. The number of urea groups is 1. The molecule has 1 aromatic heterocycles. The van der Waals surface area contributed by atoms with Crippen LogP contribution in [-0.4, -0.2) is 87.2 Å². The number of fused-ring (bicyclic) bond motifs is 1. The summed E-state index contributed by atoms with van der Waals surface area (Å²) in [5, 5.41) is 17.0. The van der Waals surface area contributed by atoms with Gasteiger partial charge < -0.3 is 36.2 Å². The van der Waals surface area contributed by atoms with Gasteiger partial charge in [0.05, 0.1) is 19.2 Å². The molecule has 0 spiro atoms. The van der Waals surface area contributed by atoms with Gasteiger partial charge >= 0.3 is 6.03 Å². The average molecular weight is 652 g/mol. The second-order valence-corrected chi connectivity index (χ2v) is 14.4. The Labute approximate surface area is 276 Å². The van der Waals surface area contributed by atoms with Crippen molar-refractivity contribution in [2.45, 2.75) is 113 Å². The number of carbonyl (C=O) groups is 2. The molecule has 46 heavy (non-hydrogen) atoms. The van der Waals surface area contributed by atoms with Crippen molar-refractivity contribution in [1.82, 2.24) is 30.5 Å². The van der Waals surface area contributed by atoms with Crippen molar-refractivity contribution in [1.29, 1.82) is 0 Å². The number of amides is 3. The fraction of sp³-hybridized carbons (Fsp3) is 0.667. The van der Waals surface area contributed by atoms with E-state index in [1.807, 2.05) is 41.8 Å². The van der Waals surface area contributed by atoms with Crippen LogP contribution in [0.5, 0.6) is 5.75 Å². The molecule has 3 amide bonds. The fourth-order valence-electron chi connectivity index (χ4n) is 7.13. The van der Waals surface area contributed by atoms with Gasteiger partial charge in [0.1, 0.15) is 5.75 Å². The quantitative estimate of drug-likeness (QED) is 0.118. The Morgan fingerprint density at radius 1 is 0.957 bits per heavy atom. The van der Waals surface area contributed by atoms with E-state index in [4.69, 9.17) is 19.7 Å². The zero-order valence-electron chi connectivity index (χ0n) is 27.1. The van der Waals surface area contributed by atoms with E-state index in [1.165, 1.54) is 25.7 Å². The zero-order valence-corrected chi connectivity index (χ0v) is 28.0. The van der Waals surface area contributed by atoms with Crippen molar-refractivity contribution in [3.8, 4) is 5.75 Å². The molecule has 250 valence electrons. The predicted molar refractivity (Wildman–Crippen MR) is 183 cm³/mol. The lowest BCUT2D eigenvalue weighted by Gasteiger charge is -2.32. The number of piperidine rings is 1. The van der Waals surface area contributed by atoms with Crippen molar-refractivity contribution >= 4 is 47.2 Å². The van der Waals surface area contributed by atoms with Crippen LogP contribution in [0.3, 0.4) is 0 Å². The second kappa shape index (κ2) is 15.4. The number of aryl methyl sites for hydroxylation is 1. The van der Waals surface area contributed by atoms with E-state index in [2.05, 4.69) is 26.6 Å². The van der Waals surface area contributed by atoms with Crippen molar-refractivity contribution in [2.75, 3.05) is 41.9 Å². The molecule has 3 atom stereocenters. The number of thioether (sulfide) groups is 1. The molecule has 3 aliphatic heterocycles. The highest BCUT2D eigenvalue weighted by atomic mass is 32.2. The summed E-state index contributed by atoms with van der Waals surface area (Å²) in [6, 6.07) is 6.90. The van der Waals surface area contributed by atoms with E-state index in [0.717, 1.165) is 80.8 Å². The van der Waals surface area contributed by atoms with Crippen molar-refractivity contribution < 1.29 is 14.3 Å². The highest BCUT2D eigenvalue weighted by Gasteiger charge is 2.42. The number of unbranched alkanes of at least 4 members (excludes halogenated alkanes) is 1. The Hall–Kier alpha value is -3.48. The highest BCUT2D eigenvalue weighted by molar-refractivity contribution is 8.00. The summed E-state index contributed by atoms with van der Waals surface area (Å²) in [5.41, 5.74) is 1.91. The number of benzene rings is 1. The van der Waals surface area contributed by atoms with Gasteiger partial charge in [-0.2, -0.15) is 26.7 Å². The number of methoxy groups -OCH3 is 1. The Balaban J connectivity index is 1.01. The summed E-state index contributed by atoms with van der Waals surface area (Å²) in [6.07, 6.45) is 12.5. The number of likely N-dealkylation sites (tertiary alicyclic amines) is 1. The molecule has 0 bridgehead atoms. The van der Waals surface area contributed by atoms with Crippen molar-refractivity contribution in [3.05, 3.63) is 23.8 Å². The van der Waals surface area contributed by atoms with Crippen LogP contribution in [0, 0.1) is 6.92 Å². The lowest BCUT2D eigenvalue weighted by atomic mass is 10.0. The standard InChI is InChI=1S/C33H49N9O3S/c1-21-19-24(13-14-26(21)45-2)36-32-40-30(34-22-9-5-3-4-6-10-22)39-31(41-32)35-23-15-17-42(18-16-23)28(43)12-8-7-11-27-29-25(20-46-27)37-33(44)38-29/h13-14,19,22-23,25,27,29H,3-12,15-18,20H2,1-2H3,(H2,37,38,44)(H3,34,35,36,39,40,41). The first-order valence-electron chi connectivity index (χ1n) is 17.1. The minimum absolute atomic E-state index is 0.0449. The molecule has 4 heterocycles. The maximum absolute atomic E-state index is 13.0. The second-order valence-electron chi connectivity index (χ2n) is 13.1. The number of carbonyl (C=O) groups excluding carboxylic acids is 2. The average Bonchev–Trinajstić information content (AvgIpc) is 3.48. The third kappa shape index (κ3) is 8.45. The first kappa shape index (κ1) is 32.5. The molecular weight excluding hydrogens is 602 g/mol. The molecule has 3 saturated heterocycles. The maximum Gasteiger partial charge on any atom is 0.315 e. The minimum atomic E-state index is -0.0449. The smallest absolute Gasteiger partial charge is 0.315 e. The van der Waals surface area contributed by atoms with Crippen LogP contribution >= 0.6 is 11.8 Å². The van der Waals surface area contributed by atoms with Crippen LogP contribution in [0.25, 0.3) is 0 Å². The summed E-state index contributed by atoms with van der Waals surface area (Å²) in [5.74, 6) is 3.67. The van der Waals surface area contributed by atoms with Gasteiger partial charge in [-0.25, -0.2) is 4.79 Å². The largest absolute Gasteiger partial charge is 0.496 e. The summed E-state index contributed by atoms with van der Waals surface area (Å²) >= 11 is 1.93. The van der Waals surface area contributed by atoms with Gasteiger partial charge in [0.15, 0.2) is 0 Å². The molecule has 6 rings (SSSR count). The van der Waals surface area contributed by atoms with Gasteiger partial charge in [0.25, 0.3) is 0 Å². The predicted octanol–water partition coefficient (Wildman–Crippen LogP) is 5.20. The van der Waals surface area contributed by atoms with E-state index >= 15 is 0 Å². The zero-order chi connectivity index (χ0) is 31.9. The van der Waals surface area contributed by atoms with Crippen LogP contribution in [0.4, 0.5) is 28.3 Å². The third-order valence-corrected chi connectivity index (χ3v) is 11.2. The molecule has 4 fully saturated rings. The molecule has 13 heteroatoms. The van der Waals surface area contributed by atoms with E-state index < -0.39 is 0 Å². The normalized spacial score (nSPS) is 23.7. The highest BCUT2D eigenvalue weighted by Crippen LogP contribution is 2.33. The van der Waals surface area contributed by atoms with Gasteiger partial charge in [-0.1, -0.05) is 32.1 Å². The summed E-state index contributed by atoms with van der Waals surface area (Å²) in [7, 11) is 1.67. The molecule has 4 aliphatic rings. The molecule has 5 N–H and O–H groups in total. The van der Waals surface area contributed by atoms with E-state index in [9.17, 15) is 9.59 Å². The van der Waals surface area contributed by atoms with Crippen LogP contribution in [0.2, 0.25) is 0 Å². The van der Waals surface area contributed by atoms with Crippen LogP contribution in [0.15, 0.2) is 18.2 Å². The number of ether oxygens (including phenoxy) is 1. The molecule has 0 radical (unpaired) electrons. The number of rotatable bonds is 12. The summed E-state index contributed by atoms with van der Waals surface area (Å²) < 4.78 is 5.42. The van der Waals surface area contributed by atoms with Crippen LogP contribution in [0.1, 0.15) is 82.6 Å². The first-order valence-corrected chi connectivity index (χ1v) is 18.2. The number of aromatic nitrogens is 3. The Bertz CT molecular complexity index is 1350. The van der Waals surface area contributed by atoms with Crippen LogP contribution in [-0.2, 0) is 4.79 Å². The lowest BCUT2D eigenvalue weighted by Crippen LogP contribution is -2.42. The van der Waals surface area contributed by atoms with Gasteiger partial charge in [-0.15, -0.1) is 0 Å². The maximum atomic E-state index is 13.0. The Morgan fingerprint density at radius 3 is 2.35 bits per heavy atom.